The molecule has 0 amide bonds. The van der Waals surface area contributed by atoms with Crippen molar-refractivity contribution in [3.05, 3.63) is 42.2 Å². The lowest BCUT2D eigenvalue weighted by atomic mass is 10.1. The van der Waals surface area contributed by atoms with E-state index in [9.17, 15) is 9.59 Å². The molecule has 6 heteroatoms. The quantitative estimate of drug-likeness (QED) is 0.637. The summed E-state index contributed by atoms with van der Waals surface area (Å²) in [6.07, 6.45) is 1.01. The highest BCUT2D eigenvalue weighted by Crippen LogP contribution is 2.29. The Morgan fingerprint density at radius 1 is 1.08 bits per heavy atom. The van der Waals surface area contributed by atoms with Gasteiger partial charge in [0.1, 0.15) is 11.3 Å². The van der Waals surface area contributed by atoms with E-state index in [1.807, 2.05) is 45.0 Å². The van der Waals surface area contributed by atoms with Crippen LogP contribution in [0.5, 0.6) is 0 Å². The van der Waals surface area contributed by atoms with Crippen LogP contribution in [0.3, 0.4) is 0 Å². The van der Waals surface area contributed by atoms with Crippen LogP contribution in [0, 0.1) is 0 Å². The molecule has 2 aromatic heterocycles. The standard InChI is InChI=1S/C18H18N2O4/c1-18(2,3)24-17(22)20-14-8-6-5-7-11(14)12-9-13(16(21)23-4)19-10-15(12)20/h5-10H,1-4H3. The van der Waals surface area contributed by atoms with Gasteiger partial charge in [0.05, 0.1) is 24.3 Å². The van der Waals surface area contributed by atoms with E-state index in [0.717, 1.165) is 10.8 Å². The molecule has 0 N–H and O–H groups in total. The second kappa shape index (κ2) is 5.63. The van der Waals surface area contributed by atoms with Gasteiger partial charge in [-0.3, -0.25) is 0 Å². The van der Waals surface area contributed by atoms with Crippen molar-refractivity contribution in [2.45, 2.75) is 26.4 Å². The van der Waals surface area contributed by atoms with E-state index in [0.29, 0.717) is 11.0 Å². The first-order valence-electron chi connectivity index (χ1n) is 7.52. The Morgan fingerprint density at radius 3 is 2.46 bits per heavy atom. The molecule has 0 bridgehead atoms. The number of aromatic nitrogens is 2. The smallest absolute Gasteiger partial charge is 0.419 e. The minimum absolute atomic E-state index is 0.192. The van der Waals surface area contributed by atoms with Gasteiger partial charge in [-0.05, 0) is 32.9 Å². The van der Waals surface area contributed by atoms with Crippen molar-refractivity contribution in [3.63, 3.8) is 0 Å². The SMILES string of the molecule is COC(=O)c1cc2c3ccccc3n(C(=O)OC(C)(C)C)c2cn1. The Kier molecular flexibility index (Phi) is 3.75. The first-order valence-corrected chi connectivity index (χ1v) is 7.52. The number of methoxy groups -OCH3 is 1. The first-order chi connectivity index (χ1) is 11.3. The normalized spacial score (nSPS) is 11.7. The van der Waals surface area contributed by atoms with Gasteiger partial charge in [0.2, 0.25) is 0 Å². The third-order valence-electron chi connectivity index (χ3n) is 3.53. The van der Waals surface area contributed by atoms with Gasteiger partial charge >= 0.3 is 12.1 Å². The van der Waals surface area contributed by atoms with E-state index in [4.69, 9.17) is 9.47 Å². The van der Waals surface area contributed by atoms with Crippen molar-refractivity contribution in [2.24, 2.45) is 0 Å². The Hall–Kier alpha value is -2.89. The van der Waals surface area contributed by atoms with Crippen LogP contribution in [0.25, 0.3) is 21.8 Å². The molecular formula is C18H18N2O4. The molecule has 3 rings (SSSR count). The predicted octanol–water partition coefficient (Wildman–Crippen LogP) is 3.76. The maximum Gasteiger partial charge on any atom is 0.419 e. The van der Waals surface area contributed by atoms with Gasteiger partial charge in [0.15, 0.2) is 0 Å². The molecule has 3 aromatic rings. The highest BCUT2D eigenvalue weighted by atomic mass is 16.6. The van der Waals surface area contributed by atoms with E-state index < -0.39 is 17.7 Å². The monoisotopic (exact) mass is 326 g/mol. The van der Waals surface area contributed by atoms with Crippen LogP contribution in [0.4, 0.5) is 4.79 Å². The fourth-order valence-corrected chi connectivity index (χ4v) is 2.59. The Bertz CT molecular complexity index is 951. The van der Waals surface area contributed by atoms with Crippen molar-refractivity contribution in [1.82, 2.24) is 9.55 Å². The second-order valence-electron chi connectivity index (χ2n) is 6.41. The van der Waals surface area contributed by atoms with E-state index in [1.54, 1.807) is 6.07 Å². The first kappa shape index (κ1) is 16.0. The number of fused-ring (bicyclic) bond motifs is 3. The van der Waals surface area contributed by atoms with E-state index >= 15 is 0 Å². The van der Waals surface area contributed by atoms with Crippen molar-refractivity contribution in [1.29, 1.82) is 0 Å². The topological polar surface area (TPSA) is 70.4 Å². The number of para-hydroxylation sites is 1. The lowest BCUT2D eigenvalue weighted by Gasteiger charge is -2.20. The minimum Gasteiger partial charge on any atom is -0.464 e. The molecule has 0 saturated carbocycles. The summed E-state index contributed by atoms with van der Waals surface area (Å²) in [5.41, 5.74) is 0.856. The number of esters is 1. The number of rotatable bonds is 1. The summed E-state index contributed by atoms with van der Waals surface area (Å²) in [4.78, 5) is 28.5. The molecule has 0 unspecified atom stereocenters. The number of ether oxygens (including phenoxy) is 2. The summed E-state index contributed by atoms with van der Waals surface area (Å²) in [7, 11) is 1.30. The average molecular weight is 326 g/mol. The van der Waals surface area contributed by atoms with Gasteiger partial charge in [0.25, 0.3) is 0 Å². The maximum atomic E-state index is 12.6. The van der Waals surface area contributed by atoms with Crippen molar-refractivity contribution < 1.29 is 19.1 Å². The molecule has 6 nitrogen and oxygen atoms in total. The largest absolute Gasteiger partial charge is 0.464 e. The molecule has 0 aliphatic rings. The van der Waals surface area contributed by atoms with Crippen molar-refractivity contribution >= 4 is 33.9 Å². The fourth-order valence-electron chi connectivity index (χ4n) is 2.59. The number of pyridine rings is 1. The van der Waals surface area contributed by atoms with Crippen LogP contribution in [-0.2, 0) is 9.47 Å². The van der Waals surface area contributed by atoms with E-state index in [-0.39, 0.29) is 5.69 Å². The Morgan fingerprint density at radius 2 is 1.79 bits per heavy atom. The van der Waals surface area contributed by atoms with E-state index in [2.05, 4.69) is 4.98 Å². The molecule has 24 heavy (non-hydrogen) atoms. The number of nitrogens with zero attached hydrogens (tertiary/aromatic N) is 2. The Balaban J connectivity index is 2.28. The molecule has 1 aromatic carbocycles. The minimum atomic E-state index is -0.617. The van der Waals surface area contributed by atoms with Crippen LogP contribution in [0.1, 0.15) is 31.3 Å². The number of hydrogen-bond donors (Lipinski definition) is 0. The molecule has 0 saturated heterocycles. The molecule has 0 aliphatic heterocycles. The fraction of sp³-hybridized carbons (Fsp3) is 0.278. The number of carbonyl (C=O) groups is 2. The van der Waals surface area contributed by atoms with Crippen LogP contribution in [0.15, 0.2) is 36.5 Å². The number of carbonyl (C=O) groups excluding carboxylic acids is 2. The molecule has 0 spiro atoms. The summed E-state index contributed by atoms with van der Waals surface area (Å²) >= 11 is 0. The van der Waals surface area contributed by atoms with Crippen LogP contribution < -0.4 is 0 Å². The molecule has 0 aliphatic carbocycles. The highest BCUT2D eigenvalue weighted by Gasteiger charge is 2.23. The molecule has 0 fully saturated rings. The van der Waals surface area contributed by atoms with Gasteiger partial charge in [-0.1, -0.05) is 18.2 Å². The number of benzene rings is 1. The zero-order valence-corrected chi connectivity index (χ0v) is 14.0. The van der Waals surface area contributed by atoms with Crippen LogP contribution >= 0.6 is 0 Å². The summed E-state index contributed by atoms with van der Waals surface area (Å²) in [6.45, 7) is 5.44. The zero-order valence-electron chi connectivity index (χ0n) is 14.0. The zero-order chi connectivity index (χ0) is 17.5. The van der Waals surface area contributed by atoms with Gasteiger partial charge in [0, 0.05) is 10.8 Å². The molecule has 2 heterocycles. The van der Waals surface area contributed by atoms with E-state index in [1.165, 1.54) is 17.9 Å². The molecule has 0 atom stereocenters. The maximum absolute atomic E-state index is 12.6. The molecular weight excluding hydrogens is 308 g/mol. The summed E-state index contributed by atoms with van der Waals surface area (Å²) in [6, 6.07) is 9.07. The highest BCUT2D eigenvalue weighted by molar-refractivity contribution is 6.13. The lowest BCUT2D eigenvalue weighted by molar-refractivity contribution is 0.0550. The average Bonchev–Trinajstić information content (AvgIpc) is 2.86. The second-order valence-corrected chi connectivity index (χ2v) is 6.41. The van der Waals surface area contributed by atoms with Crippen molar-refractivity contribution in [2.75, 3.05) is 7.11 Å². The summed E-state index contributed by atoms with van der Waals surface area (Å²) in [5, 5.41) is 1.58. The summed E-state index contributed by atoms with van der Waals surface area (Å²) in [5.74, 6) is -0.522. The van der Waals surface area contributed by atoms with Gasteiger partial charge in [-0.25, -0.2) is 19.1 Å². The van der Waals surface area contributed by atoms with Gasteiger partial charge in [-0.2, -0.15) is 0 Å². The summed E-state index contributed by atoms with van der Waals surface area (Å²) < 4.78 is 11.7. The molecule has 124 valence electrons. The third-order valence-corrected chi connectivity index (χ3v) is 3.53. The van der Waals surface area contributed by atoms with Crippen LogP contribution in [-0.4, -0.2) is 34.3 Å². The Labute approximate surface area is 139 Å². The molecule has 0 radical (unpaired) electrons. The van der Waals surface area contributed by atoms with Crippen molar-refractivity contribution in [3.8, 4) is 0 Å². The lowest BCUT2D eigenvalue weighted by Crippen LogP contribution is -2.27. The van der Waals surface area contributed by atoms with Gasteiger partial charge < -0.3 is 9.47 Å². The third kappa shape index (κ3) is 2.71. The number of hydrogen-bond acceptors (Lipinski definition) is 5. The van der Waals surface area contributed by atoms with Gasteiger partial charge in [-0.15, -0.1) is 0 Å². The predicted molar refractivity (Wildman–Crippen MR) is 90.2 cm³/mol. The van der Waals surface area contributed by atoms with Crippen LogP contribution in [0.2, 0.25) is 0 Å².